The lowest BCUT2D eigenvalue weighted by atomic mass is 10.1. The Labute approximate surface area is 149 Å². The number of carbonyl (C=O) groups excluding carboxylic acids is 1. The van der Waals surface area contributed by atoms with E-state index >= 15 is 0 Å². The lowest BCUT2D eigenvalue weighted by Gasteiger charge is -2.18. The quantitative estimate of drug-likeness (QED) is 0.861. The predicted octanol–water partition coefficient (Wildman–Crippen LogP) is 3.01. The average Bonchev–Trinajstić information content (AvgIpc) is 2.51. The van der Waals surface area contributed by atoms with Crippen LogP contribution in [0.4, 0.5) is 5.69 Å². The van der Waals surface area contributed by atoms with Crippen molar-refractivity contribution in [2.45, 2.75) is 26.5 Å². The topological polar surface area (TPSA) is 66.5 Å². The smallest absolute Gasteiger partial charge is 0.239 e. The maximum absolute atomic E-state index is 12.4. The molecule has 0 fully saturated rings. The molecule has 0 saturated carbocycles. The fourth-order valence-corrected chi connectivity index (χ4v) is 3.90. The summed E-state index contributed by atoms with van der Waals surface area (Å²) in [4.78, 5) is 12.3. The third kappa shape index (κ3) is 5.14. The molecule has 2 aromatic carbocycles. The minimum Gasteiger partial charge on any atom is -0.324 e. The standard InChI is InChI=1S/C19H24N2O3S/c1-14-10-15(2)19(16(3)11-14)20-18(22)12-21(4)25(23,24)13-17-8-6-5-7-9-17/h5-11H,12-13H2,1-4H3,(H,20,22). The van der Waals surface area contributed by atoms with Crippen LogP contribution < -0.4 is 5.32 Å². The number of hydrogen-bond acceptors (Lipinski definition) is 3. The number of anilines is 1. The third-order valence-electron chi connectivity index (χ3n) is 3.97. The molecule has 0 saturated heterocycles. The Hall–Kier alpha value is -2.18. The zero-order chi connectivity index (χ0) is 18.6. The number of hydrogen-bond donors (Lipinski definition) is 1. The molecular formula is C19H24N2O3S. The van der Waals surface area contributed by atoms with Crippen LogP contribution >= 0.6 is 0 Å². The van der Waals surface area contributed by atoms with Gasteiger partial charge in [0, 0.05) is 12.7 Å². The molecule has 5 nitrogen and oxygen atoms in total. The van der Waals surface area contributed by atoms with Crippen molar-refractivity contribution >= 4 is 21.6 Å². The van der Waals surface area contributed by atoms with Crippen molar-refractivity contribution in [1.29, 1.82) is 0 Å². The largest absolute Gasteiger partial charge is 0.324 e. The van der Waals surface area contributed by atoms with E-state index in [1.165, 1.54) is 7.05 Å². The zero-order valence-corrected chi connectivity index (χ0v) is 15.9. The minimum atomic E-state index is -3.56. The first-order valence-corrected chi connectivity index (χ1v) is 9.65. The average molecular weight is 360 g/mol. The van der Waals surface area contributed by atoms with Gasteiger partial charge in [0.25, 0.3) is 0 Å². The molecule has 0 aliphatic heterocycles. The van der Waals surface area contributed by atoms with Gasteiger partial charge in [-0.25, -0.2) is 8.42 Å². The summed E-state index contributed by atoms with van der Waals surface area (Å²) in [6, 6.07) is 12.9. The van der Waals surface area contributed by atoms with E-state index in [4.69, 9.17) is 0 Å². The van der Waals surface area contributed by atoms with E-state index in [9.17, 15) is 13.2 Å². The fraction of sp³-hybridized carbons (Fsp3) is 0.316. The number of benzene rings is 2. The van der Waals surface area contributed by atoms with Crippen molar-refractivity contribution in [3.63, 3.8) is 0 Å². The summed E-state index contributed by atoms with van der Waals surface area (Å²) in [5.74, 6) is -0.477. The SMILES string of the molecule is Cc1cc(C)c(NC(=O)CN(C)S(=O)(=O)Cc2ccccc2)c(C)c1. The zero-order valence-electron chi connectivity index (χ0n) is 15.0. The first kappa shape index (κ1) is 19.1. The number of nitrogens with zero attached hydrogens (tertiary/aromatic N) is 1. The summed E-state index contributed by atoms with van der Waals surface area (Å²) in [5.41, 5.74) is 4.47. The Balaban J connectivity index is 2.05. The molecule has 0 spiro atoms. The molecule has 25 heavy (non-hydrogen) atoms. The lowest BCUT2D eigenvalue weighted by Crippen LogP contribution is -2.35. The van der Waals surface area contributed by atoms with Crippen LogP contribution in [0, 0.1) is 20.8 Å². The number of likely N-dealkylation sites (N-methyl/N-ethyl adjacent to an activating group) is 1. The van der Waals surface area contributed by atoms with Crippen molar-refractivity contribution in [2.24, 2.45) is 0 Å². The van der Waals surface area contributed by atoms with Crippen LogP contribution in [0.2, 0.25) is 0 Å². The highest BCUT2D eigenvalue weighted by molar-refractivity contribution is 7.88. The van der Waals surface area contributed by atoms with E-state index in [1.54, 1.807) is 24.3 Å². The first-order valence-electron chi connectivity index (χ1n) is 8.04. The maximum atomic E-state index is 12.4. The number of nitrogens with one attached hydrogen (secondary N) is 1. The second kappa shape index (κ2) is 7.80. The highest BCUT2D eigenvalue weighted by Gasteiger charge is 2.21. The Morgan fingerprint density at radius 1 is 1.04 bits per heavy atom. The van der Waals surface area contributed by atoms with Gasteiger partial charge < -0.3 is 5.32 Å². The van der Waals surface area contributed by atoms with E-state index < -0.39 is 10.0 Å². The molecule has 0 atom stereocenters. The maximum Gasteiger partial charge on any atom is 0.239 e. The second-order valence-electron chi connectivity index (χ2n) is 6.32. The second-order valence-corrected chi connectivity index (χ2v) is 8.40. The molecule has 0 heterocycles. The predicted molar refractivity (Wildman–Crippen MR) is 101 cm³/mol. The molecule has 0 radical (unpaired) electrons. The Morgan fingerprint density at radius 3 is 2.16 bits per heavy atom. The molecule has 134 valence electrons. The van der Waals surface area contributed by atoms with E-state index in [1.807, 2.05) is 39.0 Å². The van der Waals surface area contributed by atoms with Gasteiger partial charge >= 0.3 is 0 Å². The lowest BCUT2D eigenvalue weighted by molar-refractivity contribution is -0.116. The molecule has 1 amide bonds. The van der Waals surface area contributed by atoms with Crippen LogP contribution in [0.25, 0.3) is 0 Å². The number of aryl methyl sites for hydroxylation is 3. The van der Waals surface area contributed by atoms with Gasteiger partial charge in [-0.3, -0.25) is 4.79 Å². The number of rotatable bonds is 6. The summed E-state index contributed by atoms with van der Waals surface area (Å²) in [5, 5.41) is 2.83. The Bertz CT molecular complexity index is 838. The number of amides is 1. The normalized spacial score (nSPS) is 11.6. The highest BCUT2D eigenvalue weighted by atomic mass is 32.2. The summed E-state index contributed by atoms with van der Waals surface area (Å²) >= 11 is 0. The monoisotopic (exact) mass is 360 g/mol. The van der Waals surface area contributed by atoms with Crippen LogP contribution in [0.5, 0.6) is 0 Å². The molecule has 0 aromatic heterocycles. The molecule has 2 aromatic rings. The van der Waals surface area contributed by atoms with Gasteiger partial charge in [0.05, 0.1) is 12.3 Å². The summed E-state index contributed by atoms with van der Waals surface area (Å²) in [7, 11) is -2.13. The summed E-state index contributed by atoms with van der Waals surface area (Å²) in [6.07, 6.45) is 0. The molecule has 0 bridgehead atoms. The summed E-state index contributed by atoms with van der Waals surface area (Å²) in [6.45, 7) is 5.62. The molecule has 0 aliphatic rings. The van der Waals surface area contributed by atoms with Crippen LogP contribution in [0.3, 0.4) is 0 Å². The Morgan fingerprint density at radius 2 is 1.60 bits per heavy atom. The minimum absolute atomic E-state index is 0.125. The van der Waals surface area contributed by atoms with Crippen molar-refractivity contribution in [3.8, 4) is 0 Å². The van der Waals surface area contributed by atoms with Crippen LogP contribution in [0.1, 0.15) is 22.3 Å². The fourth-order valence-electron chi connectivity index (χ4n) is 2.75. The third-order valence-corrected chi connectivity index (χ3v) is 5.75. The van der Waals surface area contributed by atoms with Crippen molar-refractivity contribution in [2.75, 3.05) is 18.9 Å². The van der Waals surface area contributed by atoms with Gasteiger partial charge in [0.2, 0.25) is 15.9 Å². The summed E-state index contributed by atoms with van der Waals surface area (Å²) < 4.78 is 25.9. The molecular weight excluding hydrogens is 336 g/mol. The van der Waals surface area contributed by atoms with Crippen LogP contribution in [-0.2, 0) is 20.6 Å². The van der Waals surface area contributed by atoms with Gasteiger partial charge in [-0.2, -0.15) is 4.31 Å². The number of carbonyl (C=O) groups is 1. The van der Waals surface area contributed by atoms with Gasteiger partial charge in [-0.05, 0) is 37.5 Å². The van der Waals surface area contributed by atoms with E-state index in [-0.39, 0.29) is 18.2 Å². The van der Waals surface area contributed by atoms with E-state index in [2.05, 4.69) is 5.32 Å². The van der Waals surface area contributed by atoms with Crippen LogP contribution in [-0.4, -0.2) is 32.2 Å². The molecule has 6 heteroatoms. The van der Waals surface area contributed by atoms with Crippen molar-refractivity contribution in [3.05, 3.63) is 64.7 Å². The van der Waals surface area contributed by atoms with Gasteiger partial charge in [-0.1, -0.05) is 48.0 Å². The van der Waals surface area contributed by atoms with Crippen molar-refractivity contribution < 1.29 is 13.2 Å². The molecule has 0 unspecified atom stereocenters. The highest BCUT2D eigenvalue weighted by Crippen LogP contribution is 2.22. The van der Waals surface area contributed by atoms with E-state index in [0.29, 0.717) is 5.56 Å². The van der Waals surface area contributed by atoms with Gasteiger partial charge in [-0.15, -0.1) is 0 Å². The van der Waals surface area contributed by atoms with Gasteiger partial charge in [0.1, 0.15) is 0 Å². The van der Waals surface area contributed by atoms with Crippen molar-refractivity contribution in [1.82, 2.24) is 4.31 Å². The molecule has 0 aliphatic carbocycles. The first-order chi connectivity index (χ1) is 11.7. The van der Waals surface area contributed by atoms with Crippen LogP contribution in [0.15, 0.2) is 42.5 Å². The molecule has 2 rings (SSSR count). The van der Waals surface area contributed by atoms with E-state index in [0.717, 1.165) is 26.7 Å². The van der Waals surface area contributed by atoms with Gasteiger partial charge in [0.15, 0.2) is 0 Å². The molecule has 1 N–H and O–H groups in total. The number of sulfonamides is 1. The Kier molecular flexibility index (Phi) is 5.98.